The van der Waals surface area contributed by atoms with E-state index in [1.165, 1.54) is 23.5 Å². The van der Waals surface area contributed by atoms with E-state index < -0.39 is 21.9 Å². The quantitative estimate of drug-likeness (QED) is 0.513. The van der Waals surface area contributed by atoms with Gasteiger partial charge < -0.3 is 15.0 Å². The molecular weight excluding hydrogens is 522 g/mol. The number of amides is 1. The monoisotopic (exact) mass is 559 g/mol. The SMILES string of the molecule is CCOC(=O)c1c(NC(=O)c2ccc(S(=O)(=O)N3C[C@@]4(C)C[C@H]3CC(C)(C)C4)cc2)sc2c1CCN(C)C2. The van der Waals surface area contributed by atoms with Gasteiger partial charge in [-0.15, -0.1) is 11.3 Å². The Bertz CT molecular complexity index is 1370. The van der Waals surface area contributed by atoms with Gasteiger partial charge in [-0.2, -0.15) is 4.31 Å². The third kappa shape index (κ3) is 5.03. The van der Waals surface area contributed by atoms with Crippen molar-refractivity contribution in [2.24, 2.45) is 10.8 Å². The first kappa shape index (κ1) is 27.3. The zero-order chi connectivity index (χ0) is 27.5. The summed E-state index contributed by atoms with van der Waals surface area (Å²) < 4.78 is 34.2. The molecule has 1 saturated heterocycles. The van der Waals surface area contributed by atoms with Gasteiger partial charge in [-0.1, -0.05) is 20.8 Å². The highest BCUT2D eigenvalue weighted by atomic mass is 32.2. The largest absolute Gasteiger partial charge is 0.462 e. The number of rotatable bonds is 6. The predicted molar refractivity (Wildman–Crippen MR) is 148 cm³/mol. The van der Waals surface area contributed by atoms with E-state index in [0.717, 1.165) is 36.2 Å². The Morgan fingerprint density at radius 3 is 2.55 bits per heavy atom. The minimum atomic E-state index is -3.68. The van der Waals surface area contributed by atoms with E-state index in [9.17, 15) is 18.0 Å². The van der Waals surface area contributed by atoms with Gasteiger partial charge in [0.15, 0.2) is 0 Å². The van der Waals surface area contributed by atoms with E-state index in [0.29, 0.717) is 35.6 Å². The second-order valence-electron chi connectivity index (χ2n) is 12.2. The topological polar surface area (TPSA) is 96.0 Å². The van der Waals surface area contributed by atoms with Crippen LogP contribution in [-0.2, 0) is 27.7 Å². The summed E-state index contributed by atoms with van der Waals surface area (Å²) in [7, 11) is -1.65. The Kier molecular flexibility index (Phi) is 6.99. The molecule has 1 N–H and O–H groups in total. The van der Waals surface area contributed by atoms with Gasteiger partial charge in [0.2, 0.25) is 10.0 Å². The highest BCUT2D eigenvalue weighted by molar-refractivity contribution is 7.89. The normalized spacial score (nSPS) is 25.1. The van der Waals surface area contributed by atoms with E-state index >= 15 is 0 Å². The minimum Gasteiger partial charge on any atom is -0.462 e. The van der Waals surface area contributed by atoms with E-state index in [2.05, 4.69) is 31.0 Å². The maximum Gasteiger partial charge on any atom is 0.341 e. The molecular formula is C28H37N3O5S2. The molecule has 2 atom stereocenters. The summed E-state index contributed by atoms with van der Waals surface area (Å²) in [4.78, 5) is 29.4. The Morgan fingerprint density at radius 1 is 1.16 bits per heavy atom. The number of hydrogen-bond acceptors (Lipinski definition) is 7. The van der Waals surface area contributed by atoms with Crippen LogP contribution in [0.1, 0.15) is 78.1 Å². The number of thiophene rings is 1. The van der Waals surface area contributed by atoms with E-state index in [4.69, 9.17) is 4.74 Å². The van der Waals surface area contributed by atoms with Crippen LogP contribution in [0.25, 0.3) is 0 Å². The van der Waals surface area contributed by atoms with E-state index in [-0.39, 0.29) is 28.4 Å². The molecule has 3 aliphatic rings. The lowest BCUT2D eigenvalue weighted by Gasteiger charge is -2.39. The van der Waals surface area contributed by atoms with Crippen molar-refractivity contribution in [3.8, 4) is 0 Å². The van der Waals surface area contributed by atoms with Gasteiger partial charge in [-0.25, -0.2) is 13.2 Å². The molecule has 10 heteroatoms. The number of esters is 1. The first-order valence-electron chi connectivity index (χ1n) is 13.3. The first-order chi connectivity index (χ1) is 17.8. The fraction of sp³-hybridized carbons (Fsp3) is 0.571. The number of sulfonamides is 1. The standard InChI is InChI=1S/C28H37N3O5S2/c1-6-36-26(33)23-21-11-12-30(5)15-22(21)37-25(23)29-24(32)18-7-9-20(10-8-18)38(34,35)31-17-28(4)14-19(31)13-27(2,3)16-28/h7-10,19H,6,11-17H2,1-5H3,(H,29,32)/t19-,28+/m1/s1. The Morgan fingerprint density at radius 2 is 1.87 bits per heavy atom. The summed E-state index contributed by atoms with van der Waals surface area (Å²) >= 11 is 1.40. The molecule has 1 aliphatic carbocycles. The lowest BCUT2D eigenvalue weighted by molar-refractivity contribution is 0.0526. The molecule has 2 bridgehead atoms. The number of fused-ring (bicyclic) bond motifs is 3. The number of hydrogen-bond donors (Lipinski definition) is 1. The smallest absolute Gasteiger partial charge is 0.341 e. The maximum absolute atomic E-state index is 13.6. The number of benzene rings is 1. The molecule has 38 heavy (non-hydrogen) atoms. The Hall–Kier alpha value is -2.27. The van der Waals surface area contributed by atoms with Crippen LogP contribution in [-0.4, -0.2) is 62.3 Å². The van der Waals surface area contributed by atoms with Crippen LogP contribution in [0.15, 0.2) is 29.2 Å². The zero-order valence-electron chi connectivity index (χ0n) is 22.8. The van der Waals surface area contributed by atoms with Crippen molar-refractivity contribution >= 4 is 38.2 Å². The van der Waals surface area contributed by atoms with Gasteiger partial charge >= 0.3 is 5.97 Å². The molecule has 2 aromatic rings. The average molecular weight is 560 g/mol. The van der Waals surface area contributed by atoms with Crippen molar-refractivity contribution in [2.45, 2.75) is 70.9 Å². The second kappa shape index (κ2) is 9.73. The predicted octanol–water partition coefficient (Wildman–Crippen LogP) is 4.75. The van der Waals surface area contributed by atoms with Gasteiger partial charge in [-0.3, -0.25) is 4.79 Å². The zero-order valence-corrected chi connectivity index (χ0v) is 24.4. The van der Waals surface area contributed by atoms with E-state index in [1.807, 2.05) is 7.05 Å². The number of carbonyl (C=O) groups is 2. The van der Waals surface area contributed by atoms with Gasteiger partial charge in [0.25, 0.3) is 5.91 Å². The number of ether oxygens (including phenoxy) is 1. The maximum atomic E-state index is 13.6. The number of carbonyl (C=O) groups excluding carboxylic acids is 2. The fourth-order valence-corrected chi connectivity index (χ4v) is 9.90. The molecule has 3 heterocycles. The first-order valence-corrected chi connectivity index (χ1v) is 15.5. The van der Waals surface area contributed by atoms with Crippen molar-refractivity contribution in [3.63, 3.8) is 0 Å². The van der Waals surface area contributed by atoms with Gasteiger partial charge in [-0.05, 0) is 80.3 Å². The molecule has 1 aromatic heterocycles. The van der Waals surface area contributed by atoms with Gasteiger partial charge in [0.05, 0.1) is 17.1 Å². The third-order valence-corrected chi connectivity index (χ3v) is 11.1. The van der Waals surface area contributed by atoms with Gasteiger partial charge in [0, 0.05) is 36.1 Å². The minimum absolute atomic E-state index is 0.00179. The van der Waals surface area contributed by atoms with Crippen LogP contribution in [0.2, 0.25) is 0 Å². The summed E-state index contributed by atoms with van der Waals surface area (Å²) in [5.74, 6) is -0.822. The second-order valence-corrected chi connectivity index (χ2v) is 15.2. The van der Waals surface area contributed by atoms with Crippen molar-refractivity contribution < 1.29 is 22.7 Å². The molecule has 0 unspecified atom stereocenters. The molecule has 0 radical (unpaired) electrons. The fourth-order valence-electron chi connectivity index (χ4n) is 6.82. The molecule has 1 amide bonds. The lowest BCUT2D eigenvalue weighted by atomic mass is 9.65. The average Bonchev–Trinajstić information content (AvgIpc) is 3.31. The Labute approximate surface area is 229 Å². The van der Waals surface area contributed by atoms with Crippen LogP contribution < -0.4 is 5.32 Å². The van der Waals surface area contributed by atoms with Crippen LogP contribution in [0.4, 0.5) is 5.00 Å². The van der Waals surface area contributed by atoms with Crippen molar-refractivity contribution in [2.75, 3.05) is 32.1 Å². The summed E-state index contributed by atoms with van der Waals surface area (Å²) in [6.45, 7) is 10.7. The molecule has 2 fully saturated rings. The number of anilines is 1. The number of likely N-dealkylation sites (N-methyl/N-ethyl adjacent to an activating group) is 1. The van der Waals surface area contributed by atoms with E-state index in [1.54, 1.807) is 23.4 Å². The molecule has 1 saturated carbocycles. The summed E-state index contributed by atoms with van der Waals surface area (Å²) in [5.41, 5.74) is 1.81. The highest BCUT2D eigenvalue weighted by Gasteiger charge is 2.53. The summed E-state index contributed by atoms with van der Waals surface area (Å²) in [5, 5.41) is 3.37. The number of nitrogens with one attached hydrogen (secondary N) is 1. The molecule has 2 aliphatic heterocycles. The van der Waals surface area contributed by atoms with Crippen molar-refractivity contribution in [1.82, 2.24) is 9.21 Å². The number of nitrogens with zero attached hydrogens (tertiary/aromatic N) is 2. The molecule has 0 spiro atoms. The van der Waals surface area contributed by atoms with Crippen LogP contribution >= 0.6 is 11.3 Å². The summed E-state index contributed by atoms with van der Waals surface area (Å²) in [6.07, 6.45) is 3.47. The Balaban J connectivity index is 1.36. The van der Waals surface area contributed by atoms with Crippen LogP contribution in [0.3, 0.4) is 0 Å². The summed E-state index contributed by atoms with van der Waals surface area (Å²) in [6, 6.07) is 6.12. The van der Waals surface area contributed by atoms with Crippen LogP contribution in [0.5, 0.6) is 0 Å². The van der Waals surface area contributed by atoms with Crippen LogP contribution in [0, 0.1) is 10.8 Å². The molecule has 206 valence electrons. The third-order valence-electron chi connectivity index (χ3n) is 8.04. The molecule has 8 nitrogen and oxygen atoms in total. The molecule has 1 aromatic carbocycles. The molecule has 5 rings (SSSR count). The lowest BCUT2D eigenvalue weighted by Crippen LogP contribution is -2.37. The van der Waals surface area contributed by atoms with Crippen molar-refractivity contribution in [3.05, 3.63) is 45.8 Å². The van der Waals surface area contributed by atoms with Crippen molar-refractivity contribution in [1.29, 1.82) is 0 Å². The van der Waals surface area contributed by atoms with Gasteiger partial charge in [0.1, 0.15) is 5.00 Å². The highest BCUT2D eigenvalue weighted by Crippen LogP contribution is 2.53.